The lowest BCUT2D eigenvalue weighted by Gasteiger charge is -2.19. The summed E-state index contributed by atoms with van der Waals surface area (Å²) in [5.74, 6) is -0.376. The molecule has 9 heteroatoms. The molecule has 1 aromatic carbocycles. The monoisotopic (exact) mass is 359 g/mol. The second-order valence-electron chi connectivity index (χ2n) is 7.17. The lowest BCUT2D eigenvalue weighted by atomic mass is 9.54. The summed E-state index contributed by atoms with van der Waals surface area (Å²) in [6, 6.07) is 5.66. The maximum absolute atomic E-state index is 14.9. The summed E-state index contributed by atoms with van der Waals surface area (Å²) in [7, 11) is 11.9. The fraction of sp³-hybridized carbons (Fsp3) is 0.333. The van der Waals surface area contributed by atoms with E-state index in [0.29, 0.717) is 16.8 Å². The minimum atomic E-state index is -1.02. The summed E-state index contributed by atoms with van der Waals surface area (Å²) in [5.41, 5.74) is 9.80. The normalized spacial score (nSPS) is 13.4. The molecule has 3 aromatic rings. The molecule has 0 saturated heterocycles. The third-order valence-corrected chi connectivity index (χ3v) is 4.43. The van der Waals surface area contributed by atoms with E-state index in [4.69, 9.17) is 21.4 Å². The summed E-state index contributed by atoms with van der Waals surface area (Å²) in [4.78, 5) is 4.27. The van der Waals surface area contributed by atoms with Crippen molar-refractivity contribution < 1.29 is 9.09 Å². The van der Waals surface area contributed by atoms with E-state index in [1.165, 1.54) is 10.7 Å². The number of nitrogens with zero attached hydrogens (tertiary/aromatic N) is 5. The minimum absolute atomic E-state index is 0.0355. The van der Waals surface area contributed by atoms with E-state index in [9.17, 15) is 4.39 Å². The van der Waals surface area contributed by atoms with Gasteiger partial charge in [0.1, 0.15) is 0 Å². The molecule has 0 aliphatic carbocycles. The van der Waals surface area contributed by atoms with Gasteiger partial charge in [0.2, 0.25) is 11.6 Å². The van der Waals surface area contributed by atoms with Crippen LogP contribution in [0.15, 0.2) is 29.5 Å². The smallest absolute Gasteiger partial charge is 0.264 e. The standard InChI is InChI=1S/C18H18B2FN6/c1-3-6-26-14-7-10(4-5-12(14)24-26)15-11(21)9-27-16(15)13(8-18(2,19)20)23-17(22)25-27/h4-5,7,9H,3,6,8H2,1-2H3,(H2,22,23,25)/q+1. The van der Waals surface area contributed by atoms with Crippen LogP contribution in [0.1, 0.15) is 26.0 Å². The van der Waals surface area contributed by atoms with Crippen LogP contribution in [-0.4, -0.2) is 41.5 Å². The Morgan fingerprint density at radius 2 is 2.11 bits per heavy atom. The van der Waals surface area contributed by atoms with Crippen molar-refractivity contribution in [3.05, 3.63) is 35.9 Å². The van der Waals surface area contributed by atoms with Gasteiger partial charge in [0.05, 0.1) is 33.1 Å². The Kier molecular flexibility index (Phi) is 4.05. The molecule has 4 radical (unpaired) electrons. The average Bonchev–Trinajstić information content (AvgIpc) is 2.87. The predicted octanol–water partition coefficient (Wildman–Crippen LogP) is 3.28. The van der Waals surface area contributed by atoms with E-state index in [2.05, 4.69) is 22.1 Å². The van der Waals surface area contributed by atoms with Crippen LogP contribution in [-0.2, 0) is 6.42 Å². The molecule has 1 aliphatic rings. The minimum Gasteiger partial charge on any atom is -0.367 e. The Hall–Kier alpha value is -2.70. The van der Waals surface area contributed by atoms with E-state index in [1.54, 1.807) is 6.92 Å². The lowest BCUT2D eigenvalue weighted by molar-refractivity contribution is -0.525. The van der Waals surface area contributed by atoms with Gasteiger partial charge in [0.15, 0.2) is 12.4 Å². The second-order valence-corrected chi connectivity index (χ2v) is 7.17. The molecule has 1 aliphatic heterocycles. The van der Waals surface area contributed by atoms with Gasteiger partial charge >= 0.3 is 0 Å². The van der Waals surface area contributed by atoms with E-state index >= 15 is 0 Å². The van der Waals surface area contributed by atoms with Crippen LogP contribution >= 0.6 is 0 Å². The van der Waals surface area contributed by atoms with Gasteiger partial charge in [-0.05, 0) is 18.1 Å². The molecule has 0 atom stereocenters. The molecule has 2 N–H and O–H groups in total. The number of nitrogens with two attached hydrogens (primary N) is 1. The van der Waals surface area contributed by atoms with E-state index in [0.717, 1.165) is 29.9 Å². The van der Waals surface area contributed by atoms with E-state index in [1.807, 2.05) is 22.9 Å². The number of halogens is 1. The number of azo groups is 2. The van der Waals surface area contributed by atoms with Crippen LogP contribution in [0.3, 0.4) is 0 Å². The Balaban J connectivity index is 1.89. The molecular weight excluding hydrogens is 341 g/mol. The zero-order valence-electron chi connectivity index (χ0n) is 15.3. The van der Waals surface area contributed by atoms with Crippen molar-refractivity contribution in [3.63, 3.8) is 0 Å². The molecule has 3 heterocycles. The van der Waals surface area contributed by atoms with Gasteiger partial charge in [-0.2, -0.15) is 0 Å². The SMILES string of the molecule is [B]C([B])(C)Cc1nc(N)nn2cc(F)c(-c3ccc4c(c3)[N+](CCC)=N4)c12. The summed E-state index contributed by atoms with van der Waals surface area (Å²) in [6.07, 6.45) is 2.49. The Morgan fingerprint density at radius 1 is 1.33 bits per heavy atom. The molecule has 0 saturated carbocycles. The Morgan fingerprint density at radius 3 is 2.81 bits per heavy atom. The molecule has 0 fully saturated rings. The van der Waals surface area contributed by atoms with Crippen LogP contribution in [0, 0.1) is 5.82 Å². The highest BCUT2D eigenvalue weighted by Gasteiger charge is 2.30. The maximum Gasteiger partial charge on any atom is 0.264 e. The quantitative estimate of drug-likeness (QED) is 0.562. The fourth-order valence-electron chi connectivity index (χ4n) is 3.39. The molecule has 0 amide bonds. The predicted molar refractivity (Wildman–Crippen MR) is 104 cm³/mol. The Labute approximate surface area is 159 Å². The average molecular weight is 359 g/mol. The van der Waals surface area contributed by atoms with Gasteiger partial charge in [-0.1, -0.05) is 29.8 Å². The van der Waals surface area contributed by atoms with Crippen LogP contribution < -0.4 is 5.73 Å². The van der Waals surface area contributed by atoms with Gasteiger partial charge in [0.25, 0.3) is 5.69 Å². The molecule has 4 rings (SSSR count). The van der Waals surface area contributed by atoms with Crippen LogP contribution in [0.25, 0.3) is 16.6 Å². The second kappa shape index (κ2) is 6.18. The number of rotatable bonds is 5. The van der Waals surface area contributed by atoms with Gasteiger partial charge in [-0.15, -0.1) is 5.10 Å². The Bertz CT molecular complexity index is 1080. The zero-order valence-corrected chi connectivity index (χ0v) is 15.3. The summed E-state index contributed by atoms with van der Waals surface area (Å²) in [6.45, 7) is 4.58. The van der Waals surface area contributed by atoms with Crippen molar-refractivity contribution in [1.82, 2.24) is 14.6 Å². The molecule has 0 spiro atoms. The van der Waals surface area contributed by atoms with Crippen molar-refractivity contribution in [2.24, 2.45) is 5.11 Å². The van der Waals surface area contributed by atoms with Crippen molar-refractivity contribution in [3.8, 4) is 11.1 Å². The topological polar surface area (TPSA) is 71.6 Å². The fourth-order valence-corrected chi connectivity index (χ4v) is 3.39. The molecule has 2 aromatic heterocycles. The summed E-state index contributed by atoms with van der Waals surface area (Å²) < 4.78 is 18.2. The largest absolute Gasteiger partial charge is 0.367 e. The number of benzene rings is 1. The molecule has 132 valence electrons. The number of nitrogen functional groups attached to an aromatic ring is 1. The zero-order chi connectivity index (χ0) is 19.3. The number of aromatic nitrogens is 3. The first-order chi connectivity index (χ1) is 12.8. The highest BCUT2D eigenvalue weighted by molar-refractivity contribution is 6.39. The first kappa shape index (κ1) is 17.7. The first-order valence-electron chi connectivity index (χ1n) is 8.81. The number of hydrogen-bond acceptors (Lipinski definition) is 4. The molecule has 0 bridgehead atoms. The number of hydrogen-bond donors (Lipinski definition) is 1. The van der Waals surface area contributed by atoms with Gasteiger partial charge < -0.3 is 5.73 Å². The lowest BCUT2D eigenvalue weighted by Crippen LogP contribution is -2.15. The van der Waals surface area contributed by atoms with Crippen molar-refractivity contribution >= 4 is 38.5 Å². The van der Waals surface area contributed by atoms with E-state index < -0.39 is 11.0 Å². The third-order valence-electron chi connectivity index (χ3n) is 4.43. The molecular formula is C18H18B2FN6+. The van der Waals surface area contributed by atoms with Gasteiger partial charge in [-0.25, -0.2) is 13.9 Å². The van der Waals surface area contributed by atoms with Crippen molar-refractivity contribution in [2.45, 2.75) is 31.9 Å². The van der Waals surface area contributed by atoms with Crippen LogP contribution in [0.4, 0.5) is 21.7 Å². The molecule has 27 heavy (non-hydrogen) atoms. The highest BCUT2D eigenvalue weighted by Crippen LogP contribution is 2.42. The molecule has 6 nitrogen and oxygen atoms in total. The van der Waals surface area contributed by atoms with Crippen LogP contribution in [0.5, 0.6) is 0 Å². The maximum atomic E-state index is 14.9. The highest BCUT2D eigenvalue weighted by atomic mass is 19.1. The number of fused-ring (bicyclic) bond motifs is 2. The number of anilines is 1. The van der Waals surface area contributed by atoms with Crippen LogP contribution in [0.2, 0.25) is 5.21 Å². The summed E-state index contributed by atoms with van der Waals surface area (Å²) in [5, 5.41) is 7.51. The third kappa shape index (κ3) is 3.11. The van der Waals surface area contributed by atoms with E-state index in [-0.39, 0.29) is 12.4 Å². The first-order valence-corrected chi connectivity index (χ1v) is 8.81. The summed E-state index contributed by atoms with van der Waals surface area (Å²) >= 11 is 0. The van der Waals surface area contributed by atoms with Gasteiger partial charge in [-0.3, -0.25) is 0 Å². The molecule has 0 unspecified atom stereocenters. The van der Waals surface area contributed by atoms with Crippen molar-refractivity contribution in [1.29, 1.82) is 0 Å². The van der Waals surface area contributed by atoms with Crippen molar-refractivity contribution in [2.75, 3.05) is 12.3 Å². The van der Waals surface area contributed by atoms with Gasteiger partial charge in [0, 0.05) is 23.2 Å².